The number of guanidine groups is 1. The van der Waals surface area contributed by atoms with Gasteiger partial charge in [0.25, 0.3) is 0 Å². The van der Waals surface area contributed by atoms with Gasteiger partial charge in [-0.15, -0.1) is 0 Å². The molecule has 5 aromatic rings. The van der Waals surface area contributed by atoms with Crippen LogP contribution in [0, 0.1) is 11.3 Å². The van der Waals surface area contributed by atoms with Gasteiger partial charge in [0.15, 0.2) is 5.96 Å². The third-order valence-electron chi connectivity index (χ3n) is 17.2. The summed E-state index contributed by atoms with van der Waals surface area (Å²) in [6, 6.07) is 9.27. The topological polar surface area (TPSA) is 490 Å². The summed E-state index contributed by atoms with van der Waals surface area (Å²) >= 11 is 6.21. The number of hydrogen-bond acceptors (Lipinski definition) is 15. The van der Waals surface area contributed by atoms with Gasteiger partial charge < -0.3 is 90.5 Å². The van der Waals surface area contributed by atoms with Crippen molar-refractivity contribution < 1.29 is 67.1 Å². The second-order valence-electron chi connectivity index (χ2n) is 25.5. The van der Waals surface area contributed by atoms with E-state index in [9.17, 15) is 47.9 Å². The van der Waals surface area contributed by atoms with Crippen molar-refractivity contribution in [3.05, 3.63) is 119 Å². The fourth-order valence-corrected chi connectivity index (χ4v) is 12.2. The second-order valence-corrected chi connectivity index (χ2v) is 26.0. The highest BCUT2D eigenvalue weighted by molar-refractivity contribution is 6.30. The van der Waals surface area contributed by atoms with Gasteiger partial charge in [0, 0.05) is 74.5 Å². The molecule has 3 aliphatic rings. The number of primary amides is 1. The number of aromatic amines is 1. The van der Waals surface area contributed by atoms with Gasteiger partial charge in [0.05, 0.1) is 19.4 Å². The molecule has 0 aliphatic carbocycles. The van der Waals surface area contributed by atoms with Gasteiger partial charge >= 0.3 is 0 Å². The lowest BCUT2D eigenvalue weighted by Crippen LogP contribution is -2.63. The molecule has 0 saturated carbocycles. The maximum absolute atomic E-state index is 15.3. The van der Waals surface area contributed by atoms with Crippen molar-refractivity contribution in [2.45, 2.75) is 145 Å². The van der Waals surface area contributed by atoms with Crippen molar-refractivity contribution in [3.63, 3.8) is 0 Å². The van der Waals surface area contributed by atoms with E-state index in [1.54, 1.807) is 80.7 Å². The number of nitrogens with two attached hydrogens (primary N) is 2. The molecule has 1 aromatic heterocycles. The standard InChI is InChI=1S/C68H85ClN18O14/c1-35(2)24-46-59(93)79-45(14-8-22-73-68(71)72)67(101)87-23-9-15-54(87)66(100)85-52(58(70)92)32-75-55(89)30-51-64(98)86-53(65(99)82-48(61(95)80-46)27-38-16-19-39-10-4-5-11-40(39)25-38)33-76-57(91)34-77-56(90)29-50(78-36(3)88)63(97)81-47(26-37-17-20-42(69)21-18-37)60(94)83-49(62(96)84-51)28-41-31-74-44-13-7-6-12-43(41)44/h4-7,10-13,16-21,25,31,35,45-54,74H,8-9,14-15,22-24,26-30,32-34H2,1-3H3,(H2,70,92)(H,75,89)(H,76,91)(H,77,90)(H,78,88)(H,79,93)(H,80,95)(H,81,97)(H,82,99)(H,83,94)(H,84,96)(H,85,100)(H,86,98)(H4,71,72,73)/t45-,46+,47-,48+,49+,50+,51+,52+,53+,54+/m0/s1. The van der Waals surface area contributed by atoms with Crippen LogP contribution < -0.4 is 80.6 Å². The number of hydrogen-bond donors (Lipinski definition) is 17. The first-order valence-electron chi connectivity index (χ1n) is 33.1. The molecule has 4 heterocycles. The molecule has 32 nitrogen and oxygen atoms in total. The molecule has 0 unspecified atom stereocenters. The zero-order chi connectivity index (χ0) is 73.0. The summed E-state index contributed by atoms with van der Waals surface area (Å²) in [6.07, 6.45) is -0.761. The van der Waals surface area contributed by atoms with Crippen LogP contribution in [-0.2, 0) is 86.4 Å². The number of H-pyrrole nitrogens is 1. The fraction of sp³-hybridized carbons (Fsp3) is 0.426. The molecule has 10 atom stereocenters. The highest BCUT2D eigenvalue weighted by atomic mass is 35.5. The highest BCUT2D eigenvalue weighted by Gasteiger charge is 2.41. The average Bonchev–Trinajstić information content (AvgIpc) is 1.76. The smallest absolute Gasteiger partial charge is 0.245 e. The molecule has 3 saturated heterocycles. The Morgan fingerprint density at radius 1 is 0.604 bits per heavy atom. The van der Waals surface area contributed by atoms with Gasteiger partial charge in [0.1, 0.15) is 60.4 Å². The molecule has 538 valence electrons. The summed E-state index contributed by atoms with van der Waals surface area (Å²) in [5.41, 5.74) is 13.3. The third-order valence-corrected chi connectivity index (χ3v) is 17.5. The number of amides is 14. The molecule has 4 aromatic carbocycles. The largest absolute Gasteiger partial charge is 0.370 e. The number of carbonyl (C=O) groups excluding carboxylic acids is 14. The monoisotopic (exact) mass is 1410 g/mol. The first-order chi connectivity index (χ1) is 48.2. The molecule has 3 aliphatic heterocycles. The number of fused-ring (bicyclic) bond motifs is 6. The first-order valence-corrected chi connectivity index (χ1v) is 33.5. The number of benzene rings is 4. The van der Waals surface area contributed by atoms with Crippen LogP contribution in [0.5, 0.6) is 0 Å². The van der Waals surface area contributed by atoms with E-state index in [0.29, 0.717) is 39.0 Å². The minimum Gasteiger partial charge on any atom is -0.370 e. The van der Waals surface area contributed by atoms with E-state index in [0.717, 1.165) is 17.7 Å². The van der Waals surface area contributed by atoms with Crippen LogP contribution in [-0.4, -0.2) is 192 Å². The summed E-state index contributed by atoms with van der Waals surface area (Å²) in [5, 5.41) is 43.5. The average molecular weight is 1410 g/mol. The molecule has 3 fully saturated rings. The maximum atomic E-state index is 15.3. The highest BCUT2D eigenvalue weighted by Crippen LogP contribution is 2.23. The van der Waals surface area contributed by atoms with Crippen molar-refractivity contribution in [2.24, 2.45) is 17.4 Å². The number of carbonyl (C=O) groups is 14. The van der Waals surface area contributed by atoms with Crippen LogP contribution in [0.2, 0.25) is 5.02 Å². The predicted molar refractivity (Wildman–Crippen MR) is 369 cm³/mol. The van der Waals surface area contributed by atoms with E-state index < -0.39 is 176 Å². The van der Waals surface area contributed by atoms with Gasteiger partial charge in [0.2, 0.25) is 82.7 Å². The lowest BCUT2D eigenvalue weighted by Gasteiger charge is -2.31. The summed E-state index contributed by atoms with van der Waals surface area (Å²) in [6.45, 7) is 2.29. The lowest BCUT2D eigenvalue weighted by molar-refractivity contribution is -0.142. The number of nitrogens with one attached hydrogen (secondary N) is 15. The Hall–Kier alpha value is -11.2. The van der Waals surface area contributed by atoms with E-state index in [1.807, 2.05) is 18.2 Å². The Balaban J connectivity index is 1.24. The van der Waals surface area contributed by atoms with Crippen LogP contribution in [0.4, 0.5) is 0 Å². The van der Waals surface area contributed by atoms with Crippen LogP contribution in [0.25, 0.3) is 21.7 Å². The van der Waals surface area contributed by atoms with Gasteiger partial charge in [-0.2, -0.15) is 0 Å². The van der Waals surface area contributed by atoms with Crippen LogP contribution in [0.3, 0.4) is 0 Å². The molecule has 0 radical (unpaired) electrons. The minimum absolute atomic E-state index is 0.0128. The van der Waals surface area contributed by atoms with Gasteiger partial charge in [-0.1, -0.05) is 98.2 Å². The third kappa shape index (κ3) is 21.9. The number of para-hydroxylation sites is 1. The summed E-state index contributed by atoms with van der Waals surface area (Å²) in [5.74, 6) is -14.7. The predicted octanol–water partition coefficient (Wildman–Crippen LogP) is -2.67. The van der Waals surface area contributed by atoms with Crippen molar-refractivity contribution in [1.82, 2.24) is 79.0 Å². The van der Waals surface area contributed by atoms with E-state index in [-0.39, 0.29) is 69.9 Å². The number of rotatable bonds is 14. The Kier molecular flexibility index (Phi) is 26.6. The number of nitrogens with zero attached hydrogens (tertiary/aromatic N) is 1. The lowest BCUT2D eigenvalue weighted by atomic mass is 9.98. The molecule has 2 bridgehead atoms. The number of halogens is 1. The second kappa shape index (κ2) is 35.5. The minimum atomic E-state index is -2.07. The summed E-state index contributed by atoms with van der Waals surface area (Å²) in [4.78, 5) is 206. The van der Waals surface area contributed by atoms with E-state index in [2.05, 4.69) is 74.1 Å². The molecule has 14 amide bonds. The van der Waals surface area contributed by atoms with Crippen LogP contribution in [0.1, 0.15) is 82.4 Å². The normalized spacial score (nSPS) is 24.0. The molecule has 33 heteroatoms. The van der Waals surface area contributed by atoms with Crippen molar-refractivity contribution in [3.8, 4) is 0 Å². The van der Waals surface area contributed by atoms with Crippen molar-refractivity contribution in [2.75, 3.05) is 32.7 Å². The molecule has 19 N–H and O–H groups in total. The zero-order valence-electron chi connectivity index (χ0n) is 55.9. The summed E-state index contributed by atoms with van der Waals surface area (Å²) < 4.78 is 0. The molecule has 8 rings (SSSR count). The SMILES string of the molecule is CC(=O)N[C@@H]1CC(=O)NCC(=O)NC[C@H]2NC(=O)[C@@H](CC(=O)NC[C@H](C(N)=O)NC(=O)[C@H]3CCCN3C(=O)[C@H](CCCNC(=N)N)NC(=O)[C@@H](CC(C)C)NC(=O)[C@@H](Cc3ccc4ccccc4c3)NC2=O)NC(=O)[C@@H](Cc2c[nH]c3ccccc23)NC(=O)[C@H](Cc2ccc(Cl)cc2)NC1=O. The Morgan fingerprint density at radius 3 is 1.89 bits per heavy atom. The number of aromatic nitrogens is 1. The molecular formula is C68H85ClN18O14. The van der Waals surface area contributed by atoms with E-state index >= 15 is 19.2 Å². The Bertz CT molecular complexity index is 3960. The van der Waals surface area contributed by atoms with Crippen molar-refractivity contribution >= 4 is 122 Å². The summed E-state index contributed by atoms with van der Waals surface area (Å²) in [7, 11) is 0. The maximum Gasteiger partial charge on any atom is 0.245 e. The quantitative estimate of drug-likeness (QED) is 0.0306. The van der Waals surface area contributed by atoms with Gasteiger partial charge in [-0.05, 0) is 83.7 Å². The fourth-order valence-electron chi connectivity index (χ4n) is 12.1. The van der Waals surface area contributed by atoms with E-state index in [1.165, 1.54) is 17.0 Å². The molecular weight excluding hydrogens is 1330 g/mol. The first kappa shape index (κ1) is 75.6. The van der Waals surface area contributed by atoms with Gasteiger partial charge in [-0.3, -0.25) is 72.5 Å². The van der Waals surface area contributed by atoms with Crippen molar-refractivity contribution in [1.29, 1.82) is 5.41 Å². The zero-order valence-corrected chi connectivity index (χ0v) is 56.6. The molecule has 101 heavy (non-hydrogen) atoms. The van der Waals surface area contributed by atoms with Crippen LogP contribution >= 0.6 is 11.6 Å². The Morgan fingerprint density at radius 2 is 1.19 bits per heavy atom. The molecule has 0 spiro atoms. The van der Waals surface area contributed by atoms with Gasteiger partial charge in [-0.25, -0.2) is 0 Å². The van der Waals surface area contributed by atoms with E-state index in [4.69, 9.17) is 28.5 Å². The Labute approximate surface area is 585 Å². The van der Waals surface area contributed by atoms with Crippen LogP contribution in [0.15, 0.2) is 97.2 Å².